The number of rotatable bonds is 6. The molecule has 0 aromatic rings. The SMILES string of the molecule is CC(C)CC(=O)NC(CC(C)C)C(N)=S. The van der Waals surface area contributed by atoms with Gasteiger partial charge >= 0.3 is 0 Å². The van der Waals surface area contributed by atoms with Crippen LogP contribution < -0.4 is 11.1 Å². The minimum atomic E-state index is -0.161. The summed E-state index contributed by atoms with van der Waals surface area (Å²) in [5.74, 6) is 0.857. The predicted octanol–water partition coefficient (Wildman–Crippen LogP) is 1.85. The maximum Gasteiger partial charge on any atom is 0.220 e. The van der Waals surface area contributed by atoms with E-state index in [-0.39, 0.29) is 11.9 Å². The van der Waals surface area contributed by atoms with Gasteiger partial charge in [0.1, 0.15) is 0 Å². The molecule has 15 heavy (non-hydrogen) atoms. The molecule has 0 rings (SSSR count). The molecule has 0 fully saturated rings. The third-order valence-corrected chi connectivity index (χ3v) is 2.26. The van der Waals surface area contributed by atoms with Crippen LogP contribution in [0, 0.1) is 11.8 Å². The first-order valence-corrected chi connectivity index (χ1v) is 5.82. The van der Waals surface area contributed by atoms with E-state index in [0.717, 1.165) is 6.42 Å². The smallest absolute Gasteiger partial charge is 0.220 e. The van der Waals surface area contributed by atoms with Crippen molar-refractivity contribution in [1.29, 1.82) is 0 Å². The summed E-state index contributed by atoms with van der Waals surface area (Å²) >= 11 is 4.93. The molecule has 1 atom stereocenters. The minimum Gasteiger partial charge on any atom is -0.392 e. The zero-order valence-corrected chi connectivity index (χ0v) is 10.9. The second-order valence-electron chi connectivity index (χ2n) is 4.75. The van der Waals surface area contributed by atoms with Gasteiger partial charge in [-0.1, -0.05) is 39.9 Å². The summed E-state index contributed by atoms with van der Waals surface area (Å²) in [6, 6.07) is -0.161. The highest BCUT2D eigenvalue weighted by Gasteiger charge is 2.16. The average molecular weight is 230 g/mol. The Morgan fingerprint density at radius 2 is 1.80 bits per heavy atom. The lowest BCUT2D eigenvalue weighted by atomic mass is 10.0. The van der Waals surface area contributed by atoms with E-state index >= 15 is 0 Å². The van der Waals surface area contributed by atoms with E-state index in [2.05, 4.69) is 19.2 Å². The highest BCUT2D eigenvalue weighted by Crippen LogP contribution is 2.06. The molecule has 0 aliphatic heterocycles. The molecule has 0 heterocycles. The Hall–Kier alpha value is -0.640. The summed E-state index contributed by atoms with van der Waals surface area (Å²) in [6.07, 6.45) is 1.33. The van der Waals surface area contributed by atoms with Gasteiger partial charge in [-0.05, 0) is 18.3 Å². The van der Waals surface area contributed by atoms with Gasteiger partial charge in [0, 0.05) is 6.42 Å². The molecule has 0 aliphatic rings. The van der Waals surface area contributed by atoms with Crippen molar-refractivity contribution in [3.63, 3.8) is 0 Å². The van der Waals surface area contributed by atoms with E-state index in [4.69, 9.17) is 18.0 Å². The van der Waals surface area contributed by atoms with Crippen LogP contribution in [0.2, 0.25) is 0 Å². The lowest BCUT2D eigenvalue weighted by molar-refractivity contribution is -0.122. The first-order valence-electron chi connectivity index (χ1n) is 5.41. The van der Waals surface area contributed by atoms with Crippen molar-refractivity contribution in [2.24, 2.45) is 17.6 Å². The minimum absolute atomic E-state index is 0.0310. The molecule has 0 aliphatic carbocycles. The van der Waals surface area contributed by atoms with Crippen LogP contribution in [0.5, 0.6) is 0 Å². The summed E-state index contributed by atoms with van der Waals surface area (Å²) in [4.78, 5) is 11.9. The van der Waals surface area contributed by atoms with Crippen LogP contribution in [0.15, 0.2) is 0 Å². The summed E-state index contributed by atoms with van der Waals surface area (Å²) < 4.78 is 0. The molecule has 1 unspecified atom stereocenters. The molecule has 0 radical (unpaired) electrons. The van der Waals surface area contributed by atoms with E-state index < -0.39 is 0 Å². The molecule has 0 bridgehead atoms. The van der Waals surface area contributed by atoms with Crippen LogP contribution in [0.25, 0.3) is 0 Å². The predicted molar refractivity (Wildman–Crippen MR) is 67.6 cm³/mol. The molecule has 0 aromatic carbocycles. The van der Waals surface area contributed by atoms with Gasteiger partial charge in [0.05, 0.1) is 11.0 Å². The van der Waals surface area contributed by atoms with Crippen LogP contribution in [0.3, 0.4) is 0 Å². The number of hydrogen-bond donors (Lipinski definition) is 2. The van der Waals surface area contributed by atoms with E-state index in [9.17, 15) is 4.79 Å². The van der Waals surface area contributed by atoms with Gasteiger partial charge in [-0.25, -0.2) is 0 Å². The number of thiocarbonyl (C=S) groups is 1. The highest BCUT2D eigenvalue weighted by atomic mass is 32.1. The van der Waals surface area contributed by atoms with Crippen molar-refractivity contribution in [3.8, 4) is 0 Å². The van der Waals surface area contributed by atoms with Crippen LogP contribution in [0.1, 0.15) is 40.5 Å². The molecule has 0 spiro atoms. The largest absolute Gasteiger partial charge is 0.392 e. The maximum absolute atomic E-state index is 11.5. The fourth-order valence-electron chi connectivity index (χ4n) is 1.34. The van der Waals surface area contributed by atoms with Crippen LogP contribution in [0.4, 0.5) is 0 Å². The van der Waals surface area contributed by atoms with Crippen LogP contribution in [-0.4, -0.2) is 16.9 Å². The molecule has 3 N–H and O–H groups in total. The summed E-state index contributed by atoms with van der Waals surface area (Å²) in [5, 5.41) is 2.87. The number of amides is 1. The van der Waals surface area contributed by atoms with Gasteiger partial charge in [-0.2, -0.15) is 0 Å². The Labute approximate surface area is 97.8 Å². The van der Waals surface area contributed by atoms with Gasteiger partial charge in [-0.15, -0.1) is 0 Å². The number of carbonyl (C=O) groups is 1. The molecule has 1 amide bonds. The third kappa shape index (κ3) is 7.31. The van der Waals surface area contributed by atoms with Gasteiger partial charge in [-0.3, -0.25) is 4.79 Å². The van der Waals surface area contributed by atoms with Gasteiger partial charge < -0.3 is 11.1 Å². The monoisotopic (exact) mass is 230 g/mol. The fourth-order valence-corrected chi connectivity index (χ4v) is 1.50. The second kappa shape index (κ2) is 6.77. The number of hydrogen-bond acceptors (Lipinski definition) is 2. The van der Waals surface area contributed by atoms with Crippen molar-refractivity contribution in [1.82, 2.24) is 5.32 Å². The Balaban J connectivity index is 4.16. The molecule has 0 saturated heterocycles. The van der Waals surface area contributed by atoms with E-state index in [1.54, 1.807) is 0 Å². The first-order chi connectivity index (χ1) is 6.82. The van der Waals surface area contributed by atoms with Gasteiger partial charge in [0.2, 0.25) is 5.91 Å². The zero-order chi connectivity index (χ0) is 12.0. The quantitative estimate of drug-likeness (QED) is 0.685. The number of carbonyl (C=O) groups excluding carboxylic acids is 1. The molecular weight excluding hydrogens is 208 g/mol. The van der Waals surface area contributed by atoms with E-state index in [1.165, 1.54) is 0 Å². The lowest BCUT2D eigenvalue weighted by Gasteiger charge is -2.19. The van der Waals surface area contributed by atoms with Crippen molar-refractivity contribution in [2.45, 2.75) is 46.6 Å². The highest BCUT2D eigenvalue weighted by molar-refractivity contribution is 7.80. The fraction of sp³-hybridized carbons (Fsp3) is 0.818. The first kappa shape index (κ1) is 14.4. The van der Waals surface area contributed by atoms with Crippen molar-refractivity contribution >= 4 is 23.1 Å². The van der Waals surface area contributed by atoms with Crippen molar-refractivity contribution in [3.05, 3.63) is 0 Å². The normalized spacial score (nSPS) is 12.9. The van der Waals surface area contributed by atoms with Gasteiger partial charge in [0.25, 0.3) is 0 Å². The number of nitrogens with one attached hydrogen (secondary N) is 1. The van der Waals surface area contributed by atoms with Gasteiger partial charge in [0.15, 0.2) is 0 Å². The van der Waals surface area contributed by atoms with Crippen LogP contribution >= 0.6 is 12.2 Å². The zero-order valence-electron chi connectivity index (χ0n) is 10.0. The van der Waals surface area contributed by atoms with Crippen LogP contribution in [-0.2, 0) is 4.79 Å². The Morgan fingerprint density at radius 1 is 1.27 bits per heavy atom. The van der Waals surface area contributed by atoms with E-state index in [1.807, 2.05) is 13.8 Å². The molecular formula is C11H22N2OS. The Kier molecular flexibility index (Phi) is 6.48. The second-order valence-corrected chi connectivity index (χ2v) is 5.22. The lowest BCUT2D eigenvalue weighted by Crippen LogP contribution is -2.44. The van der Waals surface area contributed by atoms with E-state index in [0.29, 0.717) is 23.2 Å². The maximum atomic E-state index is 11.5. The molecule has 88 valence electrons. The Morgan fingerprint density at radius 3 is 2.13 bits per heavy atom. The molecule has 0 saturated carbocycles. The summed E-state index contributed by atoms with van der Waals surface area (Å²) in [7, 11) is 0. The molecule has 3 nitrogen and oxygen atoms in total. The standard InChI is InChI=1S/C11H22N2OS/c1-7(2)5-9(11(12)15)13-10(14)6-8(3)4/h7-9H,5-6H2,1-4H3,(H2,12,15)(H,13,14). The average Bonchev–Trinajstić information content (AvgIpc) is 1.99. The molecule has 4 heteroatoms. The van der Waals surface area contributed by atoms with Crippen molar-refractivity contribution < 1.29 is 4.79 Å². The summed E-state index contributed by atoms with van der Waals surface area (Å²) in [6.45, 7) is 8.19. The summed E-state index contributed by atoms with van der Waals surface area (Å²) in [5.41, 5.74) is 5.58. The Bertz CT molecular complexity index is 227. The number of nitrogens with two attached hydrogens (primary N) is 1. The molecule has 0 aromatic heterocycles. The van der Waals surface area contributed by atoms with Crippen molar-refractivity contribution in [2.75, 3.05) is 0 Å². The third-order valence-electron chi connectivity index (χ3n) is 1.98. The topological polar surface area (TPSA) is 55.1 Å².